The van der Waals surface area contributed by atoms with Gasteiger partial charge in [-0.2, -0.15) is 0 Å². The Kier molecular flexibility index (Phi) is 4.45. The zero-order valence-electron chi connectivity index (χ0n) is 8.97. The Morgan fingerprint density at radius 3 is 2.81 bits per heavy atom. The van der Waals surface area contributed by atoms with Crippen LogP contribution in [-0.4, -0.2) is 53.2 Å². The standard InChI is InChI=1S/C9H12ClN3O3/c1-13(2)3-4-16-8-6(10)7(9(14)15)11-5-12-8/h5H,3-4H2,1-2H3,(H,14,15). The molecule has 0 radical (unpaired) electrons. The number of halogens is 1. The highest BCUT2D eigenvalue weighted by atomic mass is 35.5. The molecule has 0 unspecified atom stereocenters. The normalized spacial score (nSPS) is 10.5. The van der Waals surface area contributed by atoms with Crippen molar-refractivity contribution in [2.45, 2.75) is 0 Å². The van der Waals surface area contributed by atoms with Gasteiger partial charge in [0.25, 0.3) is 0 Å². The van der Waals surface area contributed by atoms with Crippen molar-refractivity contribution < 1.29 is 14.6 Å². The summed E-state index contributed by atoms with van der Waals surface area (Å²) in [7, 11) is 3.79. The van der Waals surface area contributed by atoms with Gasteiger partial charge in [-0.25, -0.2) is 14.8 Å². The monoisotopic (exact) mass is 245 g/mol. The summed E-state index contributed by atoms with van der Waals surface area (Å²) in [5, 5.41) is 8.69. The van der Waals surface area contributed by atoms with Gasteiger partial charge in [0.05, 0.1) is 0 Å². The molecule has 0 bridgehead atoms. The summed E-state index contributed by atoms with van der Waals surface area (Å²) < 4.78 is 5.25. The molecule has 88 valence electrons. The number of carboxylic acids is 1. The smallest absolute Gasteiger partial charge is 0.356 e. The van der Waals surface area contributed by atoms with Gasteiger partial charge in [-0.15, -0.1) is 0 Å². The zero-order chi connectivity index (χ0) is 12.1. The van der Waals surface area contributed by atoms with Crippen LogP contribution in [-0.2, 0) is 0 Å². The molecule has 0 aliphatic carbocycles. The van der Waals surface area contributed by atoms with E-state index in [0.717, 1.165) is 6.33 Å². The summed E-state index contributed by atoms with van der Waals surface area (Å²) in [6.07, 6.45) is 1.11. The van der Waals surface area contributed by atoms with Crippen LogP contribution in [0.3, 0.4) is 0 Å². The van der Waals surface area contributed by atoms with Crippen molar-refractivity contribution in [3.8, 4) is 5.88 Å². The summed E-state index contributed by atoms with van der Waals surface area (Å²) in [5.74, 6) is -1.11. The maximum Gasteiger partial charge on any atom is 0.356 e. The highest BCUT2D eigenvalue weighted by Gasteiger charge is 2.15. The van der Waals surface area contributed by atoms with E-state index in [1.807, 2.05) is 19.0 Å². The molecule has 1 aromatic rings. The molecule has 7 heteroatoms. The fourth-order valence-electron chi connectivity index (χ4n) is 0.928. The summed E-state index contributed by atoms with van der Waals surface area (Å²) in [5.41, 5.74) is -0.253. The second-order valence-electron chi connectivity index (χ2n) is 3.30. The van der Waals surface area contributed by atoms with Crippen LogP contribution in [0.1, 0.15) is 10.5 Å². The van der Waals surface area contributed by atoms with E-state index in [1.54, 1.807) is 0 Å². The maximum atomic E-state index is 10.7. The predicted molar refractivity (Wildman–Crippen MR) is 58.1 cm³/mol. The quantitative estimate of drug-likeness (QED) is 0.826. The topological polar surface area (TPSA) is 75.5 Å². The minimum absolute atomic E-state index is 0.0752. The Bertz CT molecular complexity index is 384. The largest absolute Gasteiger partial charge is 0.476 e. The molecule has 0 aliphatic rings. The molecule has 0 aromatic carbocycles. The lowest BCUT2D eigenvalue weighted by Gasteiger charge is -2.11. The zero-order valence-corrected chi connectivity index (χ0v) is 9.73. The van der Waals surface area contributed by atoms with Gasteiger partial charge < -0.3 is 14.7 Å². The van der Waals surface area contributed by atoms with E-state index in [1.165, 1.54) is 0 Å². The van der Waals surface area contributed by atoms with Gasteiger partial charge in [0.2, 0.25) is 5.88 Å². The molecule has 1 aromatic heterocycles. The number of hydrogen-bond donors (Lipinski definition) is 1. The second kappa shape index (κ2) is 5.62. The molecule has 1 N–H and O–H groups in total. The van der Waals surface area contributed by atoms with Gasteiger partial charge in [-0.1, -0.05) is 11.6 Å². The van der Waals surface area contributed by atoms with E-state index in [4.69, 9.17) is 21.4 Å². The van der Waals surface area contributed by atoms with Crippen molar-refractivity contribution in [2.75, 3.05) is 27.2 Å². The average molecular weight is 246 g/mol. The highest BCUT2D eigenvalue weighted by molar-refractivity contribution is 6.34. The van der Waals surface area contributed by atoms with Crippen LogP contribution in [0.15, 0.2) is 6.33 Å². The number of aromatic carboxylic acids is 1. The SMILES string of the molecule is CN(C)CCOc1ncnc(C(=O)O)c1Cl. The molecule has 0 spiro atoms. The van der Waals surface area contributed by atoms with E-state index in [-0.39, 0.29) is 16.6 Å². The average Bonchev–Trinajstić information content (AvgIpc) is 2.19. The lowest BCUT2D eigenvalue weighted by atomic mass is 10.4. The van der Waals surface area contributed by atoms with Crippen LogP contribution < -0.4 is 4.74 Å². The first-order chi connectivity index (χ1) is 7.52. The summed E-state index contributed by atoms with van der Waals surface area (Å²) in [6, 6.07) is 0. The van der Waals surface area contributed by atoms with Gasteiger partial charge in [-0.05, 0) is 14.1 Å². The van der Waals surface area contributed by atoms with Gasteiger partial charge in [0, 0.05) is 6.54 Å². The lowest BCUT2D eigenvalue weighted by Crippen LogP contribution is -2.20. The van der Waals surface area contributed by atoms with Crippen LogP contribution in [0.2, 0.25) is 5.02 Å². The molecule has 1 rings (SSSR count). The number of carbonyl (C=O) groups is 1. The van der Waals surface area contributed by atoms with E-state index in [9.17, 15) is 4.79 Å². The first kappa shape index (κ1) is 12.7. The summed E-state index contributed by atoms with van der Waals surface area (Å²) >= 11 is 5.77. The van der Waals surface area contributed by atoms with E-state index >= 15 is 0 Å². The third-order valence-electron chi connectivity index (χ3n) is 1.74. The van der Waals surface area contributed by atoms with E-state index in [2.05, 4.69) is 9.97 Å². The van der Waals surface area contributed by atoms with Gasteiger partial charge in [-0.3, -0.25) is 0 Å². The van der Waals surface area contributed by atoms with Crippen molar-refractivity contribution in [3.63, 3.8) is 0 Å². The molecule has 1 heterocycles. The second-order valence-corrected chi connectivity index (χ2v) is 3.68. The molecule has 16 heavy (non-hydrogen) atoms. The van der Waals surface area contributed by atoms with E-state index in [0.29, 0.717) is 13.2 Å². The van der Waals surface area contributed by atoms with E-state index < -0.39 is 5.97 Å². The van der Waals surface area contributed by atoms with Crippen LogP contribution >= 0.6 is 11.6 Å². The fraction of sp³-hybridized carbons (Fsp3) is 0.444. The Morgan fingerprint density at radius 2 is 2.25 bits per heavy atom. The Morgan fingerprint density at radius 1 is 1.56 bits per heavy atom. The first-order valence-electron chi connectivity index (χ1n) is 4.53. The number of nitrogens with zero attached hydrogens (tertiary/aromatic N) is 3. The van der Waals surface area contributed by atoms with Crippen LogP contribution in [0.4, 0.5) is 0 Å². The minimum atomic E-state index is -1.20. The Balaban J connectivity index is 2.73. The number of carboxylic acid groups (broad SMARTS) is 1. The fourth-order valence-corrected chi connectivity index (χ4v) is 1.16. The van der Waals surface area contributed by atoms with Gasteiger partial charge >= 0.3 is 5.97 Å². The molecule has 0 aliphatic heterocycles. The first-order valence-corrected chi connectivity index (χ1v) is 4.91. The van der Waals surface area contributed by atoms with Gasteiger partial charge in [0.15, 0.2) is 5.69 Å². The molecular weight excluding hydrogens is 234 g/mol. The number of aromatic nitrogens is 2. The Labute approximate surface area is 97.8 Å². The molecule has 0 saturated carbocycles. The summed E-state index contributed by atoms with van der Waals surface area (Å²) in [4.78, 5) is 20.0. The third kappa shape index (κ3) is 3.32. The van der Waals surface area contributed by atoms with Gasteiger partial charge in [0.1, 0.15) is 18.0 Å². The van der Waals surface area contributed by atoms with Crippen molar-refractivity contribution in [3.05, 3.63) is 17.0 Å². The van der Waals surface area contributed by atoms with Crippen molar-refractivity contribution in [1.29, 1.82) is 0 Å². The van der Waals surface area contributed by atoms with Crippen molar-refractivity contribution >= 4 is 17.6 Å². The van der Waals surface area contributed by atoms with Crippen LogP contribution in [0.25, 0.3) is 0 Å². The number of likely N-dealkylation sites (N-methyl/N-ethyl adjacent to an activating group) is 1. The molecule has 0 saturated heterocycles. The number of ether oxygens (including phenoxy) is 1. The molecule has 0 fully saturated rings. The Hall–Kier alpha value is -1.40. The van der Waals surface area contributed by atoms with Crippen molar-refractivity contribution in [2.24, 2.45) is 0 Å². The molecule has 0 amide bonds. The maximum absolute atomic E-state index is 10.7. The summed E-state index contributed by atoms with van der Waals surface area (Å²) in [6.45, 7) is 1.06. The third-order valence-corrected chi connectivity index (χ3v) is 2.08. The number of hydrogen-bond acceptors (Lipinski definition) is 5. The van der Waals surface area contributed by atoms with Crippen LogP contribution in [0.5, 0.6) is 5.88 Å². The molecule has 6 nitrogen and oxygen atoms in total. The van der Waals surface area contributed by atoms with Crippen LogP contribution in [0, 0.1) is 0 Å². The lowest BCUT2D eigenvalue weighted by molar-refractivity contribution is 0.0689. The predicted octanol–water partition coefficient (Wildman–Crippen LogP) is 0.769. The molecular formula is C9H12ClN3O3. The van der Waals surface area contributed by atoms with Crippen molar-refractivity contribution in [1.82, 2.24) is 14.9 Å². The minimum Gasteiger partial charge on any atom is -0.476 e. The number of rotatable bonds is 5. The molecule has 0 atom stereocenters. The highest BCUT2D eigenvalue weighted by Crippen LogP contribution is 2.23.